The van der Waals surface area contributed by atoms with Crippen molar-refractivity contribution < 1.29 is 4.79 Å². The molecule has 1 atom stereocenters. The Kier molecular flexibility index (Phi) is 4.82. The first-order valence-corrected chi connectivity index (χ1v) is 8.03. The smallest absolute Gasteiger partial charge is 0.253 e. The predicted molar refractivity (Wildman–Crippen MR) is 83.6 cm³/mol. The van der Waals surface area contributed by atoms with Crippen LogP contribution < -0.4 is 5.32 Å². The van der Waals surface area contributed by atoms with Gasteiger partial charge in [0.1, 0.15) is 0 Å². The second kappa shape index (κ2) is 6.43. The lowest BCUT2D eigenvalue weighted by Gasteiger charge is -2.09. The highest BCUT2D eigenvalue weighted by atomic mass is 32.2. The zero-order valence-corrected chi connectivity index (χ0v) is 13.9. The molecule has 0 aliphatic rings. The number of hydrogen-bond donors (Lipinski definition) is 1. The molecule has 0 bridgehead atoms. The summed E-state index contributed by atoms with van der Waals surface area (Å²) in [6.07, 6.45) is 0.921. The van der Waals surface area contributed by atoms with E-state index in [4.69, 9.17) is 0 Å². The number of aromatic nitrogens is 4. The standard InChI is InChI=1S/C14H21N5OS/c1-6-8(2)15-12(20)7-21-14-17-13-16-10(4)9(3)11(5)19(13)18-14/h8H,6-7H2,1-5H3,(H,15,20). The van der Waals surface area contributed by atoms with Crippen LogP contribution in [-0.2, 0) is 4.79 Å². The molecule has 0 spiro atoms. The molecular formula is C14H21N5OS. The summed E-state index contributed by atoms with van der Waals surface area (Å²) in [5.74, 6) is 0.906. The van der Waals surface area contributed by atoms with Gasteiger partial charge in [-0.1, -0.05) is 18.7 Å². The topological polar surface area (TPSA) is 72.2 Å². The third kappa shape index (κ3) is 3.53. The Morgan fingerprint density at radius 1 is 1.33 bits per heavy atom. The van der Waals surface area contributed by atoms with Gasteiger partial charge in [0.15, 0.2) is 0 Å². The van der Waals surface area contributed by atoms with Crippen molar-refractivity contribution in [2.45, 2.75) is 52.2 Å². The zero-order chi connectivity index (χ0) is 15.6. The summed E-state index contributed by atoms with van der Waals surface area (Å²) in [5.41, 5.74) is 3.10. The molecule has 1 unspecified atom stereocenters. The molecule has 114 valence electrons. The van der Waals surface area contributed by atoms with Gasteiger partial charge >= 0.3 is 0 Å². The van der Waals surface area contributed by atoms with Crippen molar-refractivity contribution in [1.82, 2.24) is 24.9 Å². The summed E-state index contributed by atoms with van der Waals surface area (Å²) >= 11 is 1.33. The van der Waals surface area contributed by atoms with Gasteiger partial charge in [0.25, 0.3) is 5.78 Å². The molecule has 0 radical (unpaired) electrons. The highest BCUT2D eigenvalue weighted by Gasteiger charge is 2.13. The van der Waals surface area contributed by atoms with Crippen molar-refractivity contribution in [3.8, 4) is 0 Å². The Labute approximate surface area is 128 Å². The third-order valence-electron chi connectivity index (χ3n) is 3.59. The molecule has 0 saturated carbocycles. The van der Waals surface area contributed by atoms with Crippen LogP contribution in [0.25, 0.3) is 5.78 Å². The van der Waals surface area contributed by atoms with Crippen molar-refractivity contribution in [2.24, 2.45) is 0 Å². The fraction of sp³-hybridized carbons (Fsp3) is 0.571. The van der Waals surface area contributed by atoms with Crippen molar-refractivity contribution >= 4 is 23.4 Å². The predicted octanol–water partition coefficient (Wildman–Crippen LogP) is 2.06. The molecule has 0 aliphatic heterocycles. The number of nitrogens with zero attached hydrogens (tertiary/aromatic N) is 4. The van der Waals surface area contributed by atoms with E-state index in [9.17, 15) is 4.79 Å². The summed E-state index contributed by atoms with van der Waals surface area (Å²) in [6.45, 7) is 10.0. The van der Waals surface area contributed by atoms with Crippen LogP contribution in [-0.4, -0.2) is 37.3 Å². The molecule has 7 heteroatoms. The molecule has 0 fully saturated rings. The van der Waals surface area contributed by atoms with Crippen LogP contribution in [0.1, 0.15) is 37.2 Å². The number of rotatable bonds is 5. The lowest BCUT2D eigenvalue weighted by Crippen LogP contribution is -2.33. The molecule has 21 heavy (non-hydrogen) atoms. The van der Waals surface area contributed by atoms with Crippen LogP contribution in [0.2, 0.25) is 0 Å². The largest absolute Gasteiger partial charge is 0.353 e. The monoisotopic (exact) mass is 307 g/mol. The number of hydrogen-bond acceptors (Lipinski definition) is 5. The molecule has 2 rings (SSSR count). The van der Waals surface area contributed by atoms with Gasteiger partial charge in [0.2, 0.25) is 11.1 Å². The van der Waals surface area contributed by atoms with Crippen molar-refractivity contribution in [3.05, 3.63) is 17.0 Å². The van der Waals surface area contributed by atoms with E-state index in [0.29, 0.717) is 16.7 Å². The minimum absolute atomic E-state index is 0.00486. The van der Waals surface area contributed by atoms with E-state index in [2.05, 4.69) is 20.4 Å². The lowest BCUT2D eigenvalue weighted by atomic mass is 10.2. The van der Waals surface area contributed by atoms with Gasteiger partial charge in [-0.3, -0.25) is 4.79 Å². The van der Waals surface area contributed by atoms with Crippen molar-refractivity contribution in [1.29, 1.82) is 0 Å². The minimum Gasteiger partial charge on any atom is -0.353 e. The van der Waals surface area contributed by atoms with E-state index in [0.717, 1.165) is 23.4 Å². The molecule has 2 aromatic rings. The maximum Gasteiger partial charge on any atom is 0.253 e. The lowest BCUT2D eigenvalue weighted by molar-refractivity contribution is -0.119. The zero-order valence-electron chi connectivity index (χ0n) is 13.1. The second-order valence-electron chi connectivity index (χ2n) is 5.18. The molecule has 0 aliphatic carbocycles. The minimum atomic E-state index is 0.00486. The molecule has 1 amide bonds. The summed E-state index contributed by atoms with van der Waals surface area (Å²) in [7, 11) is 0. The van der Waals surface area contributed by atoms with E-state index >= 15 is 0 Å². The van der Waals surface area contributed by atoms with Crippen LogP contribution in [0.5, 0.6) is 0 Å². The van der Waals surface area contributed by atoms with Crippen molar-refractivity contribution in [2.75, 3.05) is 5.75 Å². The number of carbonyl (C=O) groups is 1. The Morgan fingerprint density at radius 2 is 2.05 bits per heavy atom. The fourth-order valence-corrected chi connectivity index (χ4v) is 2.48. The van der Waals surface area contributed by atoms with Crippen LogP contribution in [0.15, 0.2) is 5.16 Å². The van der Waals surface area contributed by atoms with E-state index in [-0.39, 0.29) is 11.9 Å². The average molecular weight is 307 g/mol. The van der Waals surface area contributed by atoms with Gasteiger partial charge in [-0.15, -0.1) is 5.10 Å². The van der Waals surface area contributed by atoms with E-state index < -0.39 is 0 Å². The van der Waals surface area contributed by atoms with Gasteiger partial charge in [-0.05, 0) is 39.7 Å². The average Bonchev–Trinajstić information content (AvgIpc) is 2.85. The van der Waals surface area contributed by atoms with Gasteiger partial charge < -0.3 is 5.32 Å². The summed E-state index contributed by atoms with van der Waals surface area (Å²) in [4.78, 5) is 20.6. The number of fused-ring (bicyclic) bond motifs is 1. The van der Waals surface area contributed by atoms with Gasteiger partial charge in [-0.2, -0.15) is 4.98 Å². The van der Waals surface area contributed by atoms with E-state index in [1.807, 2.05) is 34.6 Å². The summed E-state index contributed by atoms with van der Waals surface area (Å²) < 4.78 is 1.73. The first-order valence-electron chi connectivity index (χ1n) is 7.05. The van der Waals surface area contributed by atoms with Gasteiger partial charge in [0.05, 0.1) is 5.75 Å². The first kappa shape index (κ1) is 15.8. The van der Waals surface area contributed by atoms with Crippen LogP contribution in [0, 0.1) is 20.8 Å². The molecule has 0 aromatic carbocycles. The quantitative estimate of drug-likeness (QED) is 0.856. The van der Waals surface area contributed by atoms with E-state index in [1.54, 1.807) is 4.52 Å². The Balaban J connectivity index is 2.10. The molecule has 2 aromatic heterocycles. The molecule has 0 saturated heterocycles. The number of nitrogens with one attached hydrogen (secondary N) is 1. The first-order chi connectivity index (χ1) is 9.92. The fourth-order valence-electron chi connectivity index (χ4n) is 1.85. The number of carbonyl (C=O) groups excluding carboxylic acids is 1. The Hall–Kier alpha value is -1.63. The van der Waals surface area contributed by atoms with Crippen LogP contribution in [0.4, 0.5) is 0 Å². The second-order valence-corrected chi connectivity index (χ2v) is 6.12. The maximum atomic E-state index is 11.8. The van der Waals surface area contributed by atoms with Crippen molar-refractivity contribution in [3.63, 3.8) is 0 Å². The Morgan fingerprint density at radius 3 is 2.71 bits per heavy atom. The highest BCUT2D eigenvalue weighted by Crippen LogP contribution is 2.17. The molecule has 6 nitrogen and oxygen atoms in total. The third-order valence-corrected chi connectivity index (χ3v) is 4.43. The van der Waals surface area contributed by atoms with Crippen LogP contribution >= 0.6 is 11.8 Å². The number of thioether (sulfide) groups is 1. The summed E-state index contributed by atoms with van der Waals surface area (Å²) in [5, 5.41) is 7.92. The molecule has 2 heterocycles. The van der Waals surface area contributed by atoms with Gasteiger partial charge in [-0.25, -0.2) is 9.50 Å². The summed E-state index contributed by atoms with van der Waals surface area (Å²) in [6, 6.07) is 0.196. The number of amides is 1. The maximum absolute atomic E-state index is 11.8. The SMILES string of the molecule is CCC(C)NC(=O)CSc1nc2nc(C)c(C)c(C)n2n1. The number of aryl methyl sites for hydroxylation is 2. The highest BCUT2D eigenvalue weighted by molar-refractivity contribution is 7.99. The Bertz CT molecular complexity index is 667. The van der Waals surface area contributed by atoms with Crippen LogP contribution in [0.3, 0.4) is 0 Å². The molecule has 1 N–H and O–H groups in total. The normalized spacial score (nSPS) is 12.6. The molecular weight excluding hydrogens is 286 g/mol. The van der Waals surface area contributed by atoms with E-state index in [1.165, 1.54) is 11.8 Å². The van der Waals surface area contributed by atoms with Gasteiger partial charge in [0, 0.05) is 17.4 Å².